The van der Waals surface area contributed by atoms with E-state index >= 15 is 0 Å². The van der Waals surface area contributed by atoms with Gasteiger partial charge in [0.1, 0.15) is 6.10 Å². The summed E-state index contributed by atoms with van der Waals surface area (Å²) in [6.07, 6.45) is 10.9. The second-order valence-corrected chi connectivity index (χ2v) is 3.91. The van der Waals surface area contributed by atoms with Crippen LogP contribution in [0.3, 0.4) is 0 Å². The molecule has 0 bridgehead atoms. The largest absolute Gasteiger partial charge is 0.494 e. The first-order valence-corrected chi connectivity index (χ1v) is 4.97. The van der Waals surface area contributed by atoms with Crippen LogP contribution in [0.15, 0.2) is 29.5 Å². The van der Waals surface area contributed by atoms with Gasteiger partial charge < -0.3 is 4.74 Å². The molecule has 0 N–H and O–H groups in total. The highest BCUT2D eigenvalue weighted by molar-refractivity contribution is 5.91. The van der Waals surface area contributed by atoms with Crippen LogP contribution < -0.4 is 0 Å². The fourth-order valence-electron chi connectivity index (χ4n) is 2.55. The van der Waals surface area contributed by atoms with Gasteiger partial charge in [-0.25, -0.2) is 0 Å². The monoisotopic (exact) mass is 175 g/mol. The Bertz CT molecular complexity index is 303. The molecule has 2 heteroatoms. The zero-order valence-electron chi connectivity index (χ0n) is 7.52. The van der Waals surface area contributed by atoms with Crippen molar-refractivity contribution in [1.82, 2.24) is 0 Å². The molecule has 0 aromatic rings. The molecular formula is C11H13NO. The molecular weight excluding hydrogens is 162 g/mol. The highest BCUT2D eigenvalue weighted by atomic mass is 16.5. The van der Waals surface area contributed by atoms with E-state index in [1.54, 1.807) is 0 Å². The molecule has 3 rings (SSSR count). The smallest absolute Gasteiger partial charge is 0.124 e. The summed E-state index contributed by atoms with van der Waals surface area (Å²) in [6.45, 7) is 1.00. The Hall–Kier alpha value is -1.05. The van der Waals surface area contributed by atoms with Crippen molar-refractivity contribution >= 4 is 5.71 Å². The van der Waals surface area contributed by atoms with Gasteiger partial charge in [-0.1, -0.05) is 6.08 Å². The maximum atomic E-state index is 5.57. The van der Waals surface area contributed by atoms with Gasteiger partial charge in [0, 0.05) is 24.6 Å². The van der Waals surface area contributed by atoms with E-state index in [9.17, 15) is 0 Å². The first-order valence-electron chi connectivity index (χ1n) is 4.97. The van der Waals surface area contributed by atoms with Crippen LogP contribution in [0.4, 0.5) is 0 Å². The van der Waals surface area contributed by atoms with Gasteiger partial charge >= 0.3 is 0 Å². The lowest BCUT2D eigenvalue weighted by molar-refractivity contribution is 0.107. The van der Waals surface area contributed by atoms with E-state index < -0.39 is 0 Å². The Balaban J connectivity index is 2.03. The predicted molar refractivity (Wildman–Crippen MR) is 51.7 cm³/mol. The minimum Gasteiger partial charge on any atom is -0.494 e. The molecule has 0 amide bonds. The summed E-state index contributed by atoms with van der Waals surface area (Å²) in [5, 5.41) is 0. The van der Waals surface area contributed by atoms with Gasteiger partial charge in [0.25, 0.3) is 0 Å². The number of aliphatic imine (C=N–C) groups is 1. The lowest BCUT2D eigenvalue weighted by Gasteiger charge is -2.38. The Labute approximate surface area is 78.0 Å². The minimum atomic E-state index is 0.266. The lowest BCUT2D eigenvalue weighted by atomic mass is 9.75. The quantitative estimate of drug-likeness (QED) is 0.515. The Morgan fingerprint density at radius 2 is 2.38 bits per heavy atom. The topological polar surface area (TPSA) is 21.6 Å². The summed E-state index contributed by atoms with van der Waals surface area (Å²) in [5.41, 5.74) is 1.35. The molecule has 0 saturated carbocycles. The Morgan fingerprint density at radius 3 is 3.38 bits per heavy atom. The average molecular weight is 175 g/mol. The van der Waals surface area contributed by atoms with Gasteiger partial charge in [-0.15, -0.1) is 0 Å². The van der Waals surface area contributed by atoms with E-state index in [0.29, 0.717) is 11.8 Å². The fraction of sp³-hybridized carbons (Fsp3) is 0.545. The second kappa shape index (κ2) is 2.72. The predicted octanol–water partition coefficient (Wildman–Crippen LogP) is 1.94. The third-order valence-corrected chi connectivity index (χ3v) is 3.19. The van der Waals surface area contributed by atoms with Gasteiger partial charge in [-0.2, -0.15) is 0 Å². The molecule has 1 aliphatic carbocycles. The summed E-state index contributed by atoms with van der Waals surface area (Å²) >= 11 is 0. The van der Waals surface area contributed by atoms with Crippen LogP contribution in [0.25, 0.3) is 0 Å². The molecule has 3 atom stereocenters. The second-order valence-electron chi connectivity index (χ2n) is 3.91. The molecule has 0 radical (unpaired) electrons. The first-order chi connectivity index (χ1) is 6.45. The minimum absolute atomic E-state index is 0.266. The summed E-state index contributed by atoms with van der Waals surface area (Å²) in [4.78, 5) is 4.59. The number of hydrogen-bond donors (Lipinski definition) is 0. The van der Waals surface area contributed by atoms with Crippen LogP contribution in [0, 0.1) is 11.8 Å². The highest BCUT2D eigenvalue weighted by Crippen LogP contribution is 2.35. The van der Waals surface area contributed by atoms with E-state index in [4.69, 9.17) is 4.74 Å². The number of allylic oxidation sites excluding steroid dienone is 2. The van der Waals surface area contributed by atoms with E-state index in [2.05, 4.69) is 23.2 Å². The maximum Gasteiger partial charge on any atom is 0.124 e. The number of nitrogens with zero attached hydrogens (tertiary/aromatic N) is 1. The summed E-state index contributed by atoms with van der Waals surface area (Å²) in [6, 6.07) is 0. The molecule has 0 aromatic heterocycles. The Morgan fingerprint density at radius 1 is 1.38 bits per heavy atom. The van der Waals surface area contributed by atoms with E-state index in [1.807, 2.05) is 6.26 Å². The normalized spacial score (nSPS) is 40.6. The van der Waals surface area contributed by atoms with E-state index in [-0.39, 0.29) is 6.10 Å². The van der Waals surface area contributed by atoms with Gasteiger partial charge in [0.15, 0.2) is 0 Å². The average Bonchev–Trinajstić information content (AvgIpc) is 2.19. The Kier molecular flexibility index (Phi) is 1.54. The van der Waals surface area contributed by atoms with Crippen molar-refractivity contribution in [3.05, 3.63) is 24.5 Å². The van der Waals surface area contributed by atoms with Crippen LogP contribution in [-0.2, 0) is 4.74 Å². The van der Waals surface area contributed by atoms with Gasteiger partial charge in [-0.3, -0.25) is 4.99 Å². The SMILES string of the molecule is C1=CC2OC=CC3CCN=C(C1)C32. The van der Waals surface area contributed by atoms with Crippen molar-refractivity contribution in [3.63, 3.8) is 0 Å². The molecule has 3 unspecified atom stereocenters. The van der Waals surface area contributed by atoms with Crippen molar-refractivity contribution < 1.29 is 4.74 Å². The summed E-state index contributed by atoms with van der Waals surface area (Å²) in [7, 11) is 0. The van der Waals surface area contributed by atoms with Crippen molar-refractivity contribution in [3.8, 4) is 0 Å². The lowest BCUT2D eigenvalue weighted by Crippen LogP contribution is -2.40. The summed E-state index contributed by atoms with van der Waals surface area (Å²) < 4.78 is 5.57. The standard InChI is InChI=1S/C11H13NO/c1-2-9-11-8(4-6-12-9)5-7-13-10(11)3-1/h1,3,5,7-8,10-11H,2,4,6H2. The molecule has 2 heterocycles. The van der Waals surface area contributed by atoms with Crippen molar-refractivity contribution in [2.45, 2.75) is 18.9 Å². The summed E-state index contributed by atoms with van der Waals surface area (Å²) in [5.74, 6) is 1.22. The molecule has 2 aliphatic heterocycles. The molecule has 0 spiro atoms. The number of ether oxygens (including phenoxy) is 1. The maximum absolute atomic E-state index is 5.57. The van der Waals surface area contributed by atoms with Crippen LogP contribution in [-0.4, -0.2) is 18.4 Å². The van der Waals surface area contributed by atoms with Crippen LogP contribution >= 0.6 is 0 Å². The zero-order valence-corrected chi connectivity index (χ0v) is 7.52. The molecule has 13 heavy (non-hydrogen) atoms. The first kappa shape index (κ1) is 7.36. The third-order valence-electron chi connectivity index (χ3n) is 3.19. The van der Waals surface area contributed by atoms with Crippen LogP contribution in [0.5, 0.6) is 0 Å². The number of hydrogen-bond acceptors (Lipinski definition) is 2. The van der Waals surface area contributed by atoms with Crippen molar-refractivity contribution in [2.75, 3.05) is 6.54 Å². The molecule has 0 fully saturated rings. The van der Waals surface area contributed by atoms with Crippen LogP contribution in [0.2, 0.25) is 0 Å². The third kappa shape index (κ3) is 1.05. The molecule has 2 nitrogen and oxygen atoms in total. The van der Waals surface area contributed by atoms with Crippen molar-refractivity contribution in [1.29, 1.82) is 0 Å². The van der Waals surface area contributed by atoms with Gasteiger partial charge in [0.2, 0.25) is 0 Å². The van der Waals surface area contributed by atoms with Crippen LogP contribution in [0.1, 0.15) is 12.8 Å². The molecule has 3 aliphatic rings. The van der Waals surface area contributed by atoms with Crippen molar-refractivity contribution in [2.24, 2.45) is 16.8 Å². The molecule has 68 valence electrons. The fourth-order valence-corrected chi connectivity index (χ4v) is 2.55. The highest BCUT2D eigenvalue weighted by Gasteiger charge is 2.37. The number of rotatable bonds is 0. The van der Waals surface area contributed by atoms with E-state index in [0.717, 1.165) is 13.0 Å². The molecule has 0 saturated heterocycles. The van der Waals surface area contributed by atoms with Gasteiger partial charge in [0.05, 0.1) is 6.26 Å². The zero-order chi connectivity index (χ0) is 8.67. The van der Waals surface area contributed by atoms with Gasteiger partial charge in [-0.05, 0) is 24.5 Å². The van der Waals surface area contributed by atoms with E-state index in [1.165, 1.54) is 12.1 Å². The molecule has 0 aromatic carbocycles.